The number of amides is 2. The topological polar surface area (TPSA) is 86.8 Å². The number of hydrogen-bond acceptors (Lipinski definition) is 4. The van der Waals surface area contributed by atoms with Crippen molar-refractivity contribution in [3.05, 3.63) is 53.1 Å². The van der Waals surface area contributed by atoms with Crippen LogP contribution < -0.4 is 14.5 Å². The molecule has 1 heterocycles. The van der Waals surface area contributed by atoms with Crippen molar-refractivity contribution in [2.75, 3.05) is 34.4 Å². The van der Waals surface area contributed by atoms with Gasteiger partial charge in [0.15, 0.2) is 0 Å². The van der Waals surface area contributed by atoms with Gasteiger partial charge in [-0.05, 0) is 30.3 Å². The lowest BCUT2D eigenvalue weighted by atomic mass is 10.1. The third-order valence-electron chi connectivity index (χ3n) is 4.06. The van der Waals surface area contributed by atoms with E-state index >= 15 is 0 Å². The lowest BCUT2D eigenvalue weighted by molar-refractivity contribution is -0.115. The molecule has 26 heavy (non-hydrogen) atoms. The lowest BCUT2D eigenvalue weighted by Crippen LogP contribution is -2.42. The number of nitrogens with one attached hydrogen (secondary N) is 1. The minimum Gasteiger partial charge on any atom is -0.323 e. The summed E-state index contributed by atoms with van der Waals surface area (Å²) < 4.78 is 24.6. The maximum atomic E-state index is 13.0. The first-order valence-electron chi connectivity index (χ1n) is 7.62. The molecule has 1 N–H and O–H groups in total. The molecule has 0 bridgehead atoms. The first-order chi connectivity index (χ1) is 12.2. The van der Waals surface area contributed by atoms with Crippen LogP contribution in [0.5, 0.6) is 0 Å². The zero-order valence-corrected chi connectivity index (χ0v) is 15.6. The van der Waals surface area contributed by atoms with Crippen molar-refractivity contribution in [3.63, 3.8) is 0 Å². The minimum absolute atomic E-state index is 0.115. The zero-order valence-electron chi connectivity index (χ0n) is 14.1. The second kappa shape index (κ2) is 6.62. The zero-order chi connectivity index (χ0) is 19.1. The third-order valence-corrected chi connectivity index (χ3v) is 5.59. The average molecular weight is 394 g/mol. The summed E-state index contributed by atoms with van der Waals surface area (Å²) in [7, 11) is -2.11. The fourth-order valence-corrected chi connectivity index (χ4v) is 3.32. The van der Waals surface area contributed by atoms with E-state index in [9.17, 15) is 18.0 Å². The number of carbonyl (C=O) groups excluding carboxylic acids is 2. The molecule has 7 nitrogen and oxygen atoms in total. The molecule has 0 saturated carbocycles. The number of para-hydroxylation sites is 2. The van der Waals surface area contributed by atoms with Crippen LogP contribution in [0.25, 0.3) is 0 Å². The van der Waals surface area contributed by atoms with E-state index in [1.54, 1.807) is 24.3 Å². The Morgan fingerprint density at radius 1 is 1.23 bits per heavy atom. The normalized spacial score (nSPS) is 13.8. The molecule has 0 fully saturated rings. The molecule has 0 aromatic heterocycles. The van der Waals surface area contributed by atoms with Crippen LogP contribution in [0.4, 0.5) is 17.1 Å². The van der Waals surface area contributed by atoms with E-state index in [0.29, 0.717) is 17.1 Å². The Labute approximate surface area is 156 Å². The van der Waals surface area contributed by atoms with Crippen molar-refractivity contribution in [1.82, 2.24) is 0 Å². The van der Waals surface area contributed by atoms with Crippen LogP contribution in [0, 0.1) is 0 Å². The molecular formula is C17H16ClN3O4S. The standard InChI is InChI=1S/C17H16ClN3O4S/c1-20(26(2,24)25)11-7-8-13(18)12(9-11)17(23)21-10-16(22)19-14-5-3-4-6-15(14)21/h3-9H,10H2,1-2H3,(H,19,22). The Morgan fingerprint density at radius 2 is 1.92 bits per heavy atom. The van der Waals surface area contributed by atoms with Crippen LogP contribution in [0.1, 0.15) is 10.4 Å². The number of fused-ring (bicyclic) bond motifs is 1. The van der Waals surface area contributed by atoms with Crippen molar-refractivity contribution < 1.29 is 18.0 Å². The molecule has 3 rings (SSSR count). The molecule has 2 amide bonds. The fourth-order valence-electron chi connectivity index (χ4n) is 2.62. The highest BCUT2D eigenvalue weighted by Gasteiger charge is 2.29. The molecule has 2 aromatic carbocycles. The Kier molecular flexibility index (Phi) is 4.64. The van der Waals surface area contributed by atoms with Gasteiger partial charge in [0.05, 0.1) is 33.9 Å². The van der Waals surface area contributed by atoms with Crippen molar-refractivity contribution >= 4 is 50.5 Å². The van der Waals surface area contributed by atoms with E-state index in [1.165, 1.54) is 30.1 Å². The maximum absolute atomic E-state index is 13.0. The number of halogens is 1. The van der Waals surface area contributed by atoms with Gasteiger partial charge >= 0.3 is 0 Å². The smallest absolute Gasteiger partial charge is 0.260 e. The molecule has 1 aliphatic rings. The Morgan fingerprint density at radius 3 is 2.62 bits per heavy atom. The van der Waals surface area contributed by atoms with Crippen LogP contribution in [0.2, 0.25) is 5.02 Å². The molecule has 9 heteroatoms. The largest absolute Gasteiger partial charge is 0.323 e. The molecule has 0 aliphatic carbocycles. The van der Waals surface area contributed by atoms with E-state index < -0.39 is 15.9 Å². The Hall–Kier alpha value is -2.58. The maximum Gasteiger partial charge on any atom is 0.260 e. The van der Waals surface area contributed by atoms with Gasteiger partial charge in [-0.3, -0.25) is 18.8 Å². The summed E-state index contributed by atoms with van der Waals surface area (Å²) in [6.45, 7) is -0.154. The Balaban J connectivity index is 2.05. The summed E-state index contributed by atoms with van der Waals surface area (Å²) in [5.41, 5.74) is 1.49. The average Bonchev–Trinajstić information content (AvgIpc) is 2.59. The molecule has 0 radical (unpaired) electrons. The van der Waals surface area contributed by atoms with Gasteiger partial charge in [-0.2, -0.15) is 0 Å². The molecule has 0 spiro atoms. The fraction of sp³-hybridized carbons (Fsp3) is 0.176. The molecule has 136 valence electrons. The van der Waals surface area contributed by atoms with Gasteiger partial charge in [0.2, 0.25) is 15.9 Å². The number of carbonyl (C=O) groups is 2. The highest BCUT2D eigenvalue weighted by molar-refractivity contribution is 7.92. The number of hydrogen-bond donors (Lipinski definition) is 1. The van der Waals surface area contributed by atoms with E-state index in [-0.39, 0.29) is 23.0 Å². The van der Waals surface area contributed by atoms with Crippen molar-refractivity contribution in [2.24, 2.45) is 0 Å². The molecule has 0 atom stereocenters. The van der Waals surface area contributed by atoms with Gasteiger partial charge in [-0.25, -0.2) is 8.42 Å². The highest BCUT2D eigenvalue weighted by atomic mass is 35.5. The van der Waals surface area contributed by atoms with Gasteiger partial charge < -0.3 is 5.32 Å². The predicted octanol–water partition coefficient (Wildman–Crippen LogP) is 2.33. The molecule has 0 unspecified atom stereocenters. The van der Waals surface area contributed by atoms with Crippen molar-refractivity contribution in [1.29, 1.82) is 0 Å². The van der Waals surface area contributed by atoms with E-state index in [4.69, 9.17) is 11.6 Å². The monoisotopic (exact) mass is 393 g/mol. The lowest BCUT2D eigenvalue weighted by Gasteiger charge is -2.29. The Bertz CT molecular complexity index is 1010. The summed E-state index contributed by atoms with van der Waals surface area (Å²) in [5, 5.41) is 2.88. The van der Waals surface area contributed by atoms with Crippen LogP contribution in [0.3, 0.4) is 0 Å². The van der Waals surface area contributed by atoms with Crippen molar-refractivity contribution in [2.45, 2.75) is 0 Å². The highest BCUT2D eigenvalue weighted by Crippen LogP contribution is 2.32. The number of nitrogens with zero attached hydrogens (tertiary/aromatic N) is 2. The second-order valence-corrected chi connectivity index (χ2v) is 8.27. The van der Waals surface area contributed by atoms with Gasteiger partial charge in [-0.15, -0.1) is 0 Å². The second-order valence-electron chi connectivity index (χ2n) is 5.85. The van der Waals surface area contributed by atoms with Crippen LogP contribution in [-0.4, -0.2) is 40.1 Å². The molecule has 0 saturated heterocycles. The van der Waals surface area contributed by atoms with E-state index in [0.717, 1.165) is 10.6 Å². The molecule has 2 aromatic rings. The van der Waals surface area contributed by atoms with E-state index in [1.807, 2.05) is 0 Å². The number of sulfonamides is 1. The summed E-state index contributed by atoms with van der Waals surface area (Å²) >= 11 is 6.18. The summed E-state index contributed by atoms with van der Waals surface area (Å²) in [6.07, 6.45) is 1.06. The summed E-state index contributed by atoms with van der Waals surface area (Å²) in [4.78, 5) is 26.3. The van der Waals surface area contributed by atoms with Gasteiger partial charge in [0.1, 0.15) is 6.54 Å². The number of rotatable bonds is 3. The van der Waals surface area contributed by atoms with Gasteiger partial charge in [0.25, 0.3) is 5.91 Å². The summed E-state index contributed by atoms with van der Waals surface area (Å²) in [5.74, 6) is -0.807. The van der Waals surface area contributed by atoms with E-state index in [2.05, 4.69) is 5.32 Å². The van der Waals surface area contributed by atoms with Gasteiger partial charge in [0, 0.05) is 7.05 Å². The van der Waals surface area contributed by atoms with Gasteiger partial charge in [-0.1, -0.05) is 23.7 Å². The quantitative estimate of drug-likeness (QED) is 0.867. The molecule has 1 aliphatic heterocycles. The first kappa shape index (κ1) is 18.2. The number of anilines is 3. The van der Waals surface area contributed by atoms with Crippen LogP contribution in [-0.2, 0) is 14.8 Å². The number of benzene rings is 2. The minimum atomic E-state index is -3.49. The van der Waals surface area contributed by atoms with Crippen LogP contribution in [0.15, 0.2) is 42.5 Å². The third kappa shape index (κ3) is 3.38. The first-order valence-corrected chi connectivity index (χ1v) is 9.85. The summed E-state index contributed by atoms with van der Waals surface area (Å²) in [6, 6.07) is 11.3. The SMILES string of the molecule is CN(c1ccc(Cl)c(C(=O)N2CC(=O)Nc3ccccc32)c1)S(C)(=O)=O. The van der Waals surface area contributed by atoms with Crippen molar-refractivity contribution in [3.8, 4) is 0 Å². The van der Waals surface area contributed by atoms with Crippen LogP contribution >= 0.6 is 11.6 Å². The molecular weight excluding hydrogens is 378 g/mol. The predicted molar refractivity (Wildman–Crippen MR) is 101 cm³/mol.